The predicted octanol–water partition coefficient (Wildman–Crippen LogP) is 5.09. The summed E-state index contributed by atoms with van der Waals surface area (Å²) in [5, 5.41) is 11.5. The predicted molar refractivity (Wildman–Crippen MR) is 88.5 cm³/mol. The van der Waals surface area contributed by atoms with Crippen LogP contribution in [0.15, 0.2) is 51.4 Å². The Hall–Kier alpha value is -1.58. The van der Waals surface area contributed by atoms with Gasteiger partial charge in [0, 0.05) is 11.8 Å². The molecule has 0 saturated heterocycles. The molecule has 1 unspecified atom stereocenters. The number of aliphatic hydroxyl groups excluding tert-OH is 1. The van der Waals surface area contributed by atoms with Crippen LogP contribution in [-0.4, -0.2) is 5.11 Å². The van der Waals surface area contributed by atoms with E-state index in [0.717, 1.165) is 15.4 Å². The van der Waals surface area contributed by atoms with E-state index in [1.54, 1.807) is 0 Å². The van der Waals surface area contributed by atoms with Crippen LogP contribution in [0.5, 0.6) is 0 Å². The van der Waals surface area contributed by atoms with Gasteiger partial charge in [-0.15, -0.1) is 0 Å². The van der Waals surface area contributed by atoms with Crippen molar-refractivity contribution in [2.45, 2.75) is 26.4 Å². The smallest absolute Gasteiger partial charge is 0.148 e. The quantitative estimate of drug-likeness (QED) is 0.717. The number of benzene rings is 2. The molecule has 21 heavy (non-hydrogen) atoms. The average molecular weight is 345 g/mol. The molecule has 2 nitrogen and oxygen atoms in total. The second kappa shape index (κ2) is 5.66. The Morgan fingerprint density at radius 2 is 1.76 bits per heavy atom. The van der Waals surface area contributed by atoms with Gasteiger partial charge in [0.2, 0.25) is 0 Å². The molecule has 0 saturated carbocycles. The number of furan rings is 1. The standard InChI is InChI=1S/C18H17BrO2/c1-11-5-3-6-12(2)14(11)10-16(20)17-9-13-7-4-8-15(19)18(13)21-17/h3-9,16,20H,10H2,1-2H3. The molecule has 1 N–H and O–H groups in total. The molecule has 3 rings (SSSR count). The van der Waals surface area contributed by atoms with Gasteiger partial charge in [-0.05, 0) is 58.6 Å². The lowest BCUT2D eigenvalue weighted by Crippen LogP contribution is -2.03. The SMILES string of the molecule is Cc1cccc(C)c1CC(O)c1cc2cccc(Br)c2o1. The van der Waals surface area contributed by atoms with Crippen molar-refractivity contribution in [2.75, 3.05) is 0 Å². The van der Waals surface area contributed by atoms with E-state index in [2.05, 4.69) is 41.9 Å². The van der Waals surface area contributed by atoms with Crippen LogP contribution in [0, 0.1) is 13.8 Å². The molecule has 1 heterocycles. The van der Waals surface area contributed by atoms with Gasteiger partial charge in [0.05, 0.1) is 4.47 Å². The summed E-state index contributed by atoms with van der Waals surface area (Å²) in [4.78, 5) is 0. The van der Waals surface area contributed by atoms with Crippen LogP contribution in [0.2, 0.25) is 0 Å². The monoisotopic (exact) mass is 344 g/mol. The van der Waals surface area contributed by atoms with E-state index in [4.69, 9.17) is 4.42 Å². The van der Waals surface area contributed by atoms with Gasteiger partial charge in [0.15, 0.2) is 0 Å². The van der Waals surface area contributed by atoms with Crippen LogP contribution in [-0.2, 0) is 6.42 Å². The van der Waals surface area contributed by atoms with Crippen molar-refractivity contribution >= 4 is 26.9 Å². The molecule has 3 aromatic rings. The number of halogens is 1. The first-order valence-corrected chi connectivity index (χ1v) is 7.76. The fourth-order valence-electron chi connectivity index (χ4n) is 2.68. The highest BCUT2D eigenvalue weighted by Gasteiger charge is 2.17. The molecule has 0 amide bonds. The highest BCUT2D eigenvalue weighted by Crippen LogP contribution is 2.31. The number of rotatable bonds is 3. The molecule has 0 aliphatic rings. The molecule has 0 bridgehead atoms. The van der Waals surface area contributed by atoms with Gasteiger partial charge in [-0.2, -0.15) is 0 Å². The van der Waals surface area contributed by atoms with Gasteiger partial charge in [-0.1, -0.05) is 30.3 Å². The lowest BCUT2D eigenvalue weighted by atomic mass is 9.97. The summed E-state index contributed by atoms with van der Waals surface area (Å²) in [6.07, 6.45) is -0.0697. The number of aryl methyl sites for hydroxylation is 2. The van der Waals surface area contributed by atoms with Gasteiger partial charge >= 0.3 is 0 Å². The van der Waals surface area contributed by atoms with Gasteiger partial charge in [0.1, 0.15) is 17.4 Å². The minimum Gasteiger partial charge on any atom is -0.457 e. The fourth-order valence-corrected chi connectivity index (χ4v) is 3.14. The molecule has 0 radical (unpaired) electrons. The van der Waals surface area contributed by atoms with Crippen molar-refractivity contribution < 1.29 is 9.52 Å². The van der Waals surface area contributed by atoms with Gasteiger partial charge < -0.3 is 9.52 Å². The molecular weight excluding hydrogens is 328 g/mol. The third kappa shape index (κ3) is 2.76. The van der Waals surface area contributed by atoms with Gasteiger partial charge in [-0.25, -0.2) is 0 Å². The Bertz CT molecular complexity index is 769. The van der Waals surface area contributed by atoms with E-state index in [9.17, 15) is 5.11 Å². The zero-order valence-corrected chi connectivity index (χ0v) is 13.6. The molecule has 2 aromatic carbocycles. The largest absolute Gasteiger partial charge is 0.457 e. The number of hydrogen-bond donors (Lipinski definition) is 1. The molecule has 0 aliphatic carbocycles. The maximum absolute atomic E-state index is 10.5. The Morgan fingerprint density at radius 3 is 2.43 bits per heavy atom. The van der Waals surface area contributed by atoms with E-state index in [0.29, 0.717) is 12.2 Å². The maximum atomic E-state index is 10.5. The Morgan fingerprint density at radius 1 is 1.10 bits per heavy atom. The lowest BCUT2D eigenvalue weighted by Gasteiger charge is -2.13. The fraction of sp³-hybridized carbons (Fsp3) is 0.222. The Labute approximate surface area is 132 Å². The van der Waals surface area contributed by atoms with Crippen LogP contribution in [0.25, 0.3) is 11.0 Å². The first-order valence-electron chi connectivity index (χ1n) is 6.97. The van der Waals surface area contributed by atoms with E-state index in [-0.39, 0.29) is 0 Å². The molecule has 1 atom stereocenters. The summed E-state index contributed by atoms with van der Waals surface area (Å²) in [6.45, 7) is 4.15. The molecule has 0 spiro atoms. The van der Waals surface area contributed by atoms with Crippen LogP contribution < -0.4 is 0 Å². The number of para-hydroxylation sites is 1. The third-order valence-corrected chi connectivity index (χ3v) is 4.51. The topological polar surface area (TPSA) is 33.4 Å². The Kier molecular flexibility index (Phi) is 3.87. The van der Waals surface area contributed by atoms with Crippen LogP contribution in [0.3, 0.4) is 0 Å². The molecule has 0 aliphatic heterocycles. The van der Waals surface area contributed by atoms with E-state index < -0.39 is 6.10 Å². The number of hydrogen-bond acceptors (Lipinski definition) is 2. The minimum absolute atomic E-state index is 0.565. The molecule has 3 heteroatoms. The van der Waals surface area contributed by atoms with E-state index in [1.807, 2.05) is 30.3 Å². The summed E-state index contributed by atoms with van der Waals surface area (Å²) >= 11 is 3.47. The van der Waals surface area contributed by atoms with Crippen molar-refractivity contribution in [3.63, 3.8) is 0 Å². The van der Waals surface area contributed by atoms with Gasteiger partial charge in [-0.3, -0.25) is 0 Å². The van der Waals surface area contributed by atoms with Crippen molar-refractivity contribution in [3.8, 4) is 0 Å². The number of fused-ring (bicyclic) bond motifs is 1. The summed E-state index contributed by atoms with van der Waals surface area (Å²) in [5.74, 6) is 0.611. The Balaban J connectivity index is 1.94. The first kappa shape index (κ1) is 14.4. The highest BCUT2D eigenvalue weighted by molar-refractivity contribution is 9.10. The van der Waals surface area contributed by atoms with Crippen molar-refractivity contribution in [2.24, 2.45) is 0 Å². The maximum Gasteiger partial charge on any atom is 0.148 e. The average Bonchev–Trinajstić information content (AvgIpc) is 2.88. The summed E-state index contributed by atoms with van der Waals surface area (Å²) < 4.78 is 6.72. The summed E-state index contributed by atoms with van der Waals surface area (Å²) in [7, 11) is 0. The molecular formula is C18H17BrO2. The highest BCUT2D eigenvalue weighted by atomic mass is 79.9. The van der Waals surface area contributed by atoms with Crippen LogP contribution in [0.4, 0.5) is 0 Å². The zero-order valence-electron chi connectivity index (χ0n) is 12.1. The van der Waals surface area contributed by atoms with Crippen molar-refractivity contribution in [1.29, 1.82) is 0 Å². The van der Waals surface area contributed by atoms with Gasteiger partial charge in [0.25, 0.3) is 0 Å². The second-order valence-corrected chi connectivity index (χ2v) is 6.25. The summed E-state index contributed by atoms with van der Waals surface area (Å²) in [6, 6.07) is 14.0. The molecule has 1 aromatic heterocycles. The van der Waals surface area contributed by atoms with Crippen LogP contribution in [0.1, 0.15) is 28.6 Å². The van der Waals surface area contributed by atoms with E-state index >= 15 is 0 Å². The second-order valence-electron chi connectivity index (χ2n) is 5.40. The van der Waals surface area contributed by atoms with E-state index in [1.165, 1.54) is 16.7 Å². The van der Waals surface area contributed by atoms with Crippen molar-refractivity contribution in [1.82, 2.24) is 0 Å². The third-order valence-electron chi connectivity index (χ3n) is 3.89. The first-order chi connectivity index (χ1) is 10.1. The van der Waals surface area contributed by atoms with Crippen molar-refractivity contribution in [3.05, 3.63) is 69.4 Å². The zero-order chi connectivity index (χ0) is 15.0. The normalized spacial score (nSPS) is 12.8. The molecule has 108 valence electrons. The van der Waals surface area contributed by atoms with Crippen LogP contribution >= 0.6 is 15.9 Å². The molecule has 0 fully saturated rings. The minimum atomic E-state index is -0.635. The summed E-state index contributed by atoms with van der Waals surface area (Å²) in [5.41, 5.74) is 4.37. The number of aliphatic hydroxyl groups is 1. The lowest BCUT2D eigenvalue weighted by molar-refractivity contribution is 0.152.